The summed E-state index contributed by atoms with van der Waals surface area (Å²) in [6.07, 6.45) is -5.86. The first-order chi connectivity index (χ1) is 19.3. The van der Waals surface area contributed by atoms with Gasteiger partial charge in [0, 0.05) is 59.9 Å². The van der Waals surface area contributed by atoms with E-state index in [0.29, 0.717) is 61.5 Å². The number of benzene rings is 2. The van der Waals surface area contributed by atoms with Crippen molar-refractivity contribution in [3.8, 4) is 0 Å². The van der Waals surface area contributed by atoms with Crippen LogP contribution in [0.3, 0.4) is 0 Å². The molecule has 2 aromatic carbocycles. The first kappa shape index (κ1) is 31.2. The van der Waals surface area contributed by atoms with Gasteiger partial charge in [-0.25, -0.2) is 0 Å². The van der Waals surface area contributed by atoms with E-state index in [0.717, 1.165) is 37.1 Å². The summed E-state index contributed by atoms with van der Waals surface area (Å²) in [7, 11) is 3.86. The number of carbonyl (C=O) groups excluding carboxylic acids is 1. The van der Waals surface area contributed by atoms with E-state index in [1.165, 1.54) is 4.90 Å². The van der Waals surface area contributed by atoms with Gasteiger partial charge in [-0.15, -0.1) is 0 Å². The minimum Gasteiger partial charge on any atom is -0.382 e. The molecule has 0 radical (unpaired) electrons. The second kappa shape index (κ2) is 13.1. The predicted octanol–water partition coefficient (Wildman–Crippen LogP) is 7.03. The Hall–Kier alpha value is -2.70. The van der Waals surface area contributed by atoms with E-state index in [9.17, 15) is 31.1 Å². The number of hydrogen-bond acceptors (Lipinski definition) is 5. The number of ether oxygens (including phenoxy) is 1. The lowest BCUT2D eigenvalue weighted by atomic mass is 9.99. The fraction of sp³-hybridized carbons (Fsp3) is 0.483. The zero-order chi connectivity index (χ0) is 29.8. The molecule has 2 fully saturated rings. The van der Waals surface area contributed by atoms with Gasteiger partial charge in [-0.3, -0.25) is 4.79 Å². The summed E-state index contributed by atoms with van der Waals surface area (Å²) in [5.41, 5.74) is -3.61. The van der Waals surface area contributed by atoms with Crippen LogP contribution in [0.2, 0.25) is 0 Å². The summed E-state index contributed by atoms with van der Waals surface area (Å²) in [4.78, 5) is 16.0. The van der Waals surface area contributed by atoms with Gasteiger partial charge in [0.1, 0.15) is 0 Å². The third-order valence-electron chi connectivity index (χ3n) is 7.33. The summed E-state index contributed by atoms with van der Waals surface area (Å²) < 4.78 is 90.8. The van der Waals surface area contributed by atoms with Crippen LogP contribution in [0.25, 0.3) is 6.08 Å². The normalized spacial score (nSPS) is 17.9. The highest BCUT2D eigenvalue weighted by molar-refractivity contribution is 7.99. The largest absolute Gasteiger partial charge is 0.418 e. The van der Waals surface area contributed by atoms with Crippen LogP contribution in [-0.4, -0.2) is 68.2 Å². The molecule has 5 nitrogen and oxygen atoms in total. The molecular formula is C29H33F6N3O2S. The van der Waals surface area contributed by atoms with Crippen molar-refractivity contribution in [1.29, 1.82) is 0 Å². The van der Waals surface area contributed by atoms with Crippen molar-refractivity contribution in [2.24, 2.45) is 0 Å². The smallest absolute Gasteiger partial charge is 0.382 e. The number of piperidine rings is 1. The van der Waals surface area contributed by atoms with E-state index in [1.54, 1.807) is 24.3 Å². The van der Waals surface area contributed by atoms with E-state index in [4.69, 9.17) is 4.74 Å². The van der Waals surface area contributed by atoms with Crippen molar-refractivity contribution in [2.45, 2.75) is 59.9 Å². The van der Waals surface area contributed by atoms with Crippen LogP contribution < -0.4 is 5.32 Å². The fourth-order valence-corrected chi connectivity index (χ4v) is 6.18. The third kappa shape index (κ3) is 8.20. The number of amides is 1. The van der Waals surface area contributed by atoms with Crippen molar-refractivity contribution >= 4 is 29.4 Å². The summed E-state index contributed by atoms with van der Waals surface area (Å²) >= 11 is 0.618. The Morgan fingerprint density at radius 1 is 0.976 bits per heavy atom. The maximum absolute atomic E-state index is 14.3. The molecular weight excluding hydrogens is 568 g/mol. The average Bonchev–Trinajstić information content (AvgIpc) is 2.91. The third-order valence-corrected chi connectivity index (χ3v) is 8.38. The highest BCUT2D eigenvalue weighted by Gasteiger charge is 2.46. The maximum atomic E-state index is 14.3. The summed E-state index contributed by atoms with van der Waals surface area (Å²) in [5, 5.41) is 3.32. The molecule has 41 heavy (non-hydrogen) atoms. The van der Waals surface area contributed by atoms with Gasteiger partial charge in [0.2, 0.25) is 5.91 Å². The summed E-state index contributed by atoms with van der Waals surface area (Å²) in [6, 6.07) is 9.04. The Balaban J connectivity index is 1.61. The monoisotopic (exact) mass is 601 g/mol. The molecule has 0 atom stereocenters. The van der Waals surface area contributed by atoms with E-state index >= 15 is 0 Å². The zero-order valence-corrected chi connectivity index (χ0v) is 23.6. The Labute approximate surface area is 239 Å². The molecule has 0 unspecified atom stereocenters. The SMILES string of the molecule is CN(C)C1CCN(C(=O)C=Cc2ccc(Sc3cccc(NC4CCOCC4)c3)c(C(F)(F)F)c2C(F)(F)F)CC1. The predicted molar refractivity (Wildman–Crippen MR) is 147 cm³/mol. The number of likely N-dealkylation sites (tertiary alicyclic amines) is 1. The van der Waals surface area contributed by atoms with Crippen molar-refractivity contribution in [1.82, 2.24) is 9.80 Å². The first-order valence-corrected chi connectivity index (χ1v) is 14.2. The van der Waals surface area contributed by atoms with E-state index < -0.39 is 39.8 Å². The van der Waals surface area contributed by atoms with Crippen LogP contribution in [0.5, 0.6) is 0 Å². The van der Waals surface area contributed by atoms with Crippen LogP contribution in [-0.2, 0) is 21.9 Å². The molecule has 2 heterocycles. The minimum atomic E-state index is -5.30. The van der Waals surface area contributed by atoms with Gasteiger partial charge >= 0.3 is 12.4 Å². The average molecular weight is 602 g/mol. The van der Waals surface area contributed by atoms with Crippen molar-refractivity contribution in [3.63, 3.8) is 0 Å². The van der Waals surface area contributed by atoms with Crippen LogP contribution in [0, 0.1) is 0 Å². The van der Waals surface area contributed by atoms with E-state index in [2.05, 4.69) is 5.32 Å². The second-order valence-electron chi connectivity index (χ2n) is 10.4. The molecule has 2 aromatic rings. The molecule has 0 aromatic heterocycles. The molecule has 224 valence electrons. The molecule has 1 N–H and O–H groups in total. The maximum Gasteiger partial charge on any atom is 0.418 e. The van der Waals surface area contributed by atoms with Crippen LogP contribution >= 0.6 is 11.8 Å². The van der Waals surface area contributed by atoms with Crippen LogP contribution in [0.4, 0.5) is 32.0 Å². The van der Waals surface area contributed by atoms with Gasteiger partial charge in [-0.2, -0.15) is 26.3 Å². The van der Waals surface area contributed by atoms with E-state index in [-0.39, 0.29) is 12.1 Å². The molecule has 0 spiro atoms. The first-order valence-electron chi connectivity index (χ1n) is 13.4. The highest BCUT2D eigenvalue weighted by Crippen LogP contribution is 2.48. The van der Waals surface area contributed by atoms with Crippen molar-refractivity contribution in [2.75, 3.05) is 45.7 Å². The lowest BCUT2D eigenvalue weighted by Gasteiger charge is -2.34. The number of hydrogen-bond donors (Lipinski definition) is 1. The Kier molecular flexibility index (Phi) is 9.97. The number of nitrogens with zero attached hydrogens (tertiary/aromatic N) is 2. The lowest BCUT2D eigenvalue weighted by molar-refractivity contribution is -0.163. The minimum absolute atomic E-state index is 0.139. The number of alkyl halides is 6. The molecule has 1 amide bonds. The topological polar surface area (TPSA) is 44.8 Å². The van der Waals surface area contributed by atoms with Gasteiger partial charge in [0.15, 0.2) is 0 Å². The number of nitrogens with one attached hydrogen (secondary N) is 1. The van der Waals surface area contributed by atoms with Crippen molar-refractivity contribution < 1.29 is 35.9 Å². The van der Waals surface area contributed by atoms with Gasteiger partial charge < -0.3 is 19.9 Å². The molecule has 0 aliphatic carbocycles. The van der Waals surface area contributed by atoms with Crippen molar-refractivity contribution in [3.05, 3.63) is 59.2 Å². The quantitative estimate of drug-likeness (QED) is 0.273. The molecule has 4 rings (SSSR count). The Bertz CT molecular complexity index is 1230. The molecule has 0 saturated carbocycles. The number of rotatable bonds is 7. The number of anilines is 1. The number of carbonyl (C=O) groups is 1. The molecule has 2 aliphatic rings. The zero-order valence-electron chi connectivity index (χ0n) is 22.8. The van der Waals surface area contributed by atoms with Gasteiger partial charge in [0.05, 0.1) is 11.1 Å². The van der Waals surface area contributed by atoms with Gasteiger partial charge in [-0.1, -0.05) is 23.9 Å². The number of halogens is 6. The van der Waals surface area contributed by atoms with Crippen LogP contribution in [0.1, 0.15) is 42.4 Å². The van der Waals surface area contributed by atoms with Gasteiger partial charge in [-0.05, 0) is 75.7 Å². The second-order valence-corrected chi connectivity index (χ2v) is 11.5. The fourth-order valence-electron chi connectivity index (χ4n) is 5.13. The molecule has 2 saturated heterocycles. The standard InChI is InChI=1S/C29H33F6N3O2S/c1-37(2)22-10-14-38(15-11-22)25(39)9-7-19-6-8-24(27(29(33,34)35)26(19)28(30,31)32)41-23-5-3-4-21(18-23)36-20-12-16-40-17-13-20/h3-9,18,20,22,36H,10-17H2,1-2H3. The molecule has 12 heteroatoms. The summed E-state index contributed by atoms with van der Waals surface area (Å²) in [6.45, 7) is 2.04. The summed E-state index contributed by atoms with van der Waals surface area (Å²) in [5.74, 6) is -0.531. The Morgan fingerprint density at radius 3 is 2.24 bits per heavy atom. The molecule has 2 aliphatic heterocycles. The highest BCUT2D eigenvalue weighted by atomic mass is 32.2. The van der Waals surface area contributed by atoms with Gasteiger partial charge in [0.25, 0.3) is 0 Å². The lowest BCUT2D eigenvalue weighted by Crippen LogP contribution is -2.43. The molecule has 0 bridgehead atoms. The van der Waals surface area contributed by atoms with E-state index in [1.807, 2.05) is 19.0 Å². The Morgan fingerprint density at radius 2 is 1.63 bits per heavy atom. The van der Waals surface area contributed by atoms with Crippen LogP contribution in [0.15, 0.2) is 52.3 Å².